The maximum atomic E-state index is 10.8. The summed E-state index contributed by atoms with van der Waals surface area (Å²) in [4.78, 5) is 16.8. The van der Waals surface area contributed by atoms with Gasteiger partial charge in [0.15, 0.2) is 0 Å². The van der Waals surface area contributed by atoms with Crippen molar-refractivity contribution in [2.24, 2.45) is 4.99 Å². The highest BCUT2D eigenvalue weighted by Crippen LogP contribution is 2.22. The molecular weight excluding hydrogens is 318 g/mol. The Balaban J connectivity index is 2.16. The van der Waals surface area contributed by atoms with E-state index in [1.807, 2.05) is 14.1 Å². The highest BCUT2D eigenvalue weighted by molar-refractivity contribution is 5.84. The molecule has 0 bridgehead atoms. The van der Waals surface area contributed by atoms with Gasteiger partial charge < -0.3 is 10.0 Å². The van der Waals surface area contributed by atoms with Crippen molar-refractivity contribution in [1.82, 2.24) is 4.90 Å². The topological polar surface area (TPSA) is 79.0 Å². The Kier molecular flexibility index (Phi) is 6.25. The molecule has 6 heteroatoms. The van der Waals surface area contributed by atoms with E-state index in [-0.39, 0.29) is 17.5 Å². The van der Waals surface area contributed by atoms with Crippen molar-refractivity contribution in [3.8, 4) is 5.75 Å². The summed E-state index contributed by atoms with van der Waals surface area (Å²) in [6, 6.07) is 12.4. The summed E-state index contributed by atoms with van der Waals surface area (Å²) < 4.78 is 0. The van der Waals surface area contributed by atoms with Crippen LogP contribution in [0, 0.1) is 10.1 Å². The lowest BCUT2D eigenvalue weighted by molar-refractivity contribution is -0.384. The summed E-state index contributed by atoms with van der Waals surface area (Å²) in [7, 11) is 3.97. The van der Waals surface area contributed by atoms with Gasteiger partial charge in [-0.05, 0) is 37.7 Å². The van der Waals surface area contributed by atoms with Crippen LogP contribution >= 0.6 is 0 Å². The molecule has 0 heterocycles. The van der Waals surface area contributed by atoms with E-state index in [0.29, 0.717) is 12.1 Å². The number of nitro groups is 1. The number of nitro benzene ring substituents is 1. The fourth-order valence-corrected chi connectivity index (χ4v) is 2.55. The molecule has 25 heavy (non-hydrogen) atoms. The Morgan fingerprint density at radius 1 is 1.24 bits per heavy atom. The van der Waals surface area contributed by atoms with Crippen LogP contribution in [0.1, 0.15) is 29.7 Å². The molecule has 132 valence electrons. The van der Waals surface area contributed by atoms with E-state index in [1.54, 1.807) is 0 Å². The van der Waals surface area contributed by atoms with Crippen LogP contribution in [0.5, 0.6) is 5.75 Å². The van der Waals surface area contributed by atoms with Crippen molar-refractivity contribution < 1.29 is 10.0 Å². The molecule has 6 nitrogen and oxygen atoms in total. The zero-order chi connectivity index (χ0) is 18.4. The maximum Gasteiger partial charge on any atom is 0.270 e. The smallest absolute Gasteiger partial charge is 0.270 e. The first-order chi connectivity index (χ1) is 11.9. The summed E-state index contributed by atoms with van der Waals surface area (Å²) >= 11 is 0. The Morgan fingerprint density at radius 3 is 2.48 bits per heavy atom. The van der Waals surface area contributed by atoms with Crippen molar-refractivity contribution in [2.45, 2.75) is 19.4 Å². The minimum atomic E-state index is -0.491. The third-order valence-corrected chi connectivity index (χ3v) is 4.13. The summed E-state index contributed by atoms with van der Waals surface area (Å²) in [6.45, 7) is 2.61. The number of benzene rings is 2. The molecule has 0 saturated heterocycles. The zero-order valence-electron chi connectivity index (χ0n) is 14.7. The molecule has 0 aromatic heterocycles. The number of aryl methyl sites for hydroxylation is 1. The molecule has 0 radical (unpaired) electrons. The summed E-state index contributed by atoms with van der Waals surface area (Å²) in [6.07, 6.45) is 2.48. The van der Waals surface area contributed by atoms with Crippen molar-refractivity contribution in [1.29, 1.82) is 0 Å². The Labute approximate surface area is 147 Å². The monoisotopic (exact) mass is 341 g/mol. The van der Waals surface area contributed by atoms with E-state index < -0.39 is 4.92 Å². The van der Waals surface area contributed by atoms with E-state index in [2.05, 4.69) is 41.1 Å². The first kappa shape index (κ1) is 18.6. The van der Waals surface area contributed by atoms with Crippen LogP contribution in [0.25, 0.3) is 0 Å². The molecule has 2 aromatic rings. The summed E-state index contributed by atoms with van der Waals surface area (Å²) in [5.74, 6) is -0.0250. The number of phenols is 1. The van der Waals surface area contributed by atoms with Crippen molar-refractivity contribution in [2.75, 3.05) is 20.6 Å². The van der Waals surface area contributed by atoms with Crippen molar-refractivity contribution in [3.63, 3.8) is 0 Å². The number of hydrogen-bond acceptors (Lipinski definition) is 5. The maximum absolute atomic E-state index is 10.8. The number of nitrogens with zero attached hydrogens (tertiary/aromatic N) is 3. The van der Waals surface area contributed by atoms with E-state index in [0.717, 1.165) is 12.0 Å². The number of aliphatic imine (C=N–C) groups is 1. The zero-order valence-corrected chi connectivity index (χ0v) is 14.7. The average Bonchev–Trinajstić information content (AvgIpc) is 2.59. The number of likely N-dealkylation sites (N-methyl/N-ethyl adjacent to an activating group) is 1. The Morgan fingerprint density at radius 2 is 1.92 bits per heavy atom. The van der Waals surface area contributed by atoms with Crippen LogP contribution in [0.4, 0.5) is 5.69 Å². The van der Waals surface area contributed by atoms with Crippen LogP contribution in [-0.4, -0.2) is 41.8 Å². The standard InChI is InChI=1S/C19H23N3O3/c1-4-14-5-7-15(8-6-14)18(21(2)3)13-20-12-16-11-17(22(24)25)9-10-19(16)23/h5-12,18,23H,4,13H2,1-3H3/t18-/m1/s1. The third kappa shape index (κ3) is 4.87. The lowest BCUT2D eigenvalue weighted by Crippen LogP contribution is -2.22. The molecule has 2 rings (SSSR count). The average molecular weight is 341 g/mol. The molecule has 0 fully saturated rings. The van der Waals surface area contributed by atoms with Gasteiger partial charge in [0.1, 0.15) is 5.75 Å². The van der Waals surface area contributed by atoms with Gasteiger partial charge >= 0.3 is 0 Å². The number of hydrogen-bond donors (Lipinski definition) is 1. The first-order valence-corrected chi connectivity index (χ1v) is 8.15. The number of phenolic OH excluding ortho intramolecular Hbond substituents is 1. The van der Waals surface area contributed by atoms with Gasteiger partial charge in [0.25, 0.3) is 5.69 Å². The van der Waals surface area contributed by atoms with Crippen molar-refractivity contribution in [3.05, 3.63) is 69.3 Å². The van der Waals surface area contributed by atoms with Gasteiger partial charge in [0.2, 0.25) is 0 Å². The van der Waals surface area contributed by atoms with Gasteiger partial charge in [-0.25, -0.2) is 0 Å². The van der Waals surface area contributed by atoms with E-state index in [9.17, 15) is 15.2 Å². The van der Waals surface area contributed by atoms with Gasteiger partial charge in [-0.3, -0.25) is 15.1 Å². The van der Waals surface area contributed by atoms with E-state index >= 15 is 0 Å². The predicted molar refractivity (Wildman–Crippen MR) is 99.5 cm³/mol. The molecule has 0 spiro atoms. The quantitative estimate of drug-likeness (QED) is 0.474. The van der Waals surface area contributed by atoms with Gasteiger partial charge in [-0.1, -0.05) is 31.2 Å². The normalized spacial score (nSPS) is 12.6. The fourth-order valence-electron chi connectivity index (χ4n) is 2.55. The molecule has 2 aromatic carbocycles. The van der Waals surface area contributed by atoms with Gasteiger partial charge in [0.05, 0.1) is 17.5 Å². The van der Waals surface area contributed by atoms with Crippen LogP contribution in [0.2, 0.25) is 0 Å². The molecule has 1 N–H and O–H groups in total. The number of aromatic hydroxyl groups is 1. The summed E-state index contributed by atoms with van der Waals surface area (Å²) in [5.41, 5.74) is 2.71. The second-order valence-corrected chi connectivity index (χ2v) is 6.07. The lowest BCUT2D eigenvalue weighted by Gasteiger charge is -2.23. The third-order valence-electron chi connectivity index (χ3n) is 4.13. The molecular formula is C19H23N3O3. The minimum Gasteiger partial charge on any atom is -0.507 e. The van der Waals surface area contributed by atoms with E-state index in [4.69, 9.17) is 0 Å². The van der Waals surface area contributed by atoms with Gasteiger partial charge in [-0.2, -0.15) is 0 Å². The molecule has 0 unspecified atom stereocenters. The second kappa shape index (κ2) is 8.39. The van der Waals surface area contributed by atoms with Crippen LogP contribution in [0.3, 0.4) is 0 Å². The van der Waals surface area contributed by atoms with Crippen LogP contribution in [0.15, 0.2) is 47.5 Å². The Bertz CT molecular complexity index is 755. The molecule has 0 saturated carbocycles. The molecule has 0 aliphatic rings. The fraction of sp³-hybridized carbons (Fsp3) is 0.316. The largest absolute Gasteiger partial charge is 0.507 e. The second-order valence-electron chi connectivity index (χ2n) is 6.07. The van der Waals surface area contributed by atoms with Crippen LogP contribution in [-0.2, 0) is 6.42 Å². The van der Waals surface area contributed by atoms with E-state index in [1.165, 1.54) is 30.0 Å². The van der Waals surface area contributed by atoms with Crippen LogP contribution < -0.4 is 0 Å². The lowest BCUT2D eigenvalue weighted by atomic mass is 10.0. The molecule has 1 atom stereocenters. The molecule has 0 aliphatic heterocycles. The number of non-ortho nitro benzene ring substituents is 1. The SMILES string of the molecule is CCc1ccc([C@@H](CN=Cc2cc([N+](=O)[O-])ccc2O)N(C)C)cc1. The highest BCUT2D eigenvalue weighted by atomic mass is 16.6. The molecule has 0 aliphatic carbocycles. The number of rotatable bonds is 7. The predicted octanol–water partition coefficient (Wildman–Crippen LogP) is 3.58. The van der Waals surface area contributed by atoms with Gasteiger partial charge in [-0.15, -0.1) is 0 Å². The first-order valence-electron chi connectivity index (χ1n) is 8.15. The van der Waals surface area contributed by atoms with Gasteiger partial charge in [0, 0.05) is 23.9 Å². The summed E-state index contributed by atoms with van der Waals surface area (Å²) in [5, 5.41) is 20.7. The Hall–Kier alpha value is -2.73. The molecule has 0 amide bonds. The minimum absolute atomic E-state index is 0.0250. The highest BCUT2D eigenvalue weighted by Gasteiger charge is 2.14. The van der Waals surface area contributed by atoms with Crippen molar-refractivity contribution >= 4 is 11.9 Å².